The lowest BCUT2D eigenvalue weighted by Gasteiger charge is -2.42. The average Bonchev–Trinajstić information content (AvgIpc) is 3.53. The van der Waals surface area contributed by atoms with Crippen LogP contribution in [0, 0.1) is 0 Å². The van der Waals surface area contributed by atoms with Gasteiger partial charge in [-0.25, -0.2) is 4.79 Å². The number of amides is 3. The van der Waals surface area contributed by atoms with Crippen molar-refractivity contribution in [3.63, 3.8) is 0 Å². The first kappa shape index (κ1) is 21.9. The molecule has 7 heteroatoms. The molecule has 0 unspecified atom stereocenters. The van der Waals surface area contributed by atoms with Crippen molar-refractivity contribution in [3.05, 3.63) is 65.6 Å². The van der Waals surface area contributed by atoms with Gasteiger partial charge in [0.1, 0.15) is 11.3 Å². The summed E-state index contributed by atoms with van der Waals surface area (Å²) < 4.78 is 10.6. The summed E-state index contributed by atoms with van der Waals surface area (Å²) in [6.07, 6.45) is 8.49. The van der Waals surface area contributed by atoms with Crippen LogP contribution in [0.25, 0.3) is 6.08 Å². The van der Waals surface area contributed by atoms with Gasteiger partial charge in [-0.3, -0.25) is 14.6 Å². The third kappa shape index (κ3) is 4.00. The van der Waals surface area contributed by atoms with Gasteiger partial charge in [-0.15, -0.1) is 0 Å². The summed E-state index contributed by atoms with van der Waals surface area (Å²) in [6, 6.07) is 11.8. The minimum Gasteiger partial charge on any atom is -0.465 e. The predicted octanol–water partition coefficient (Wildman–Crippen LogP) is 3.21. The highest BCUT2D eigenvalue weighted by Gasteiger charge is 2.59. The van der Waals surface area contributed by atoms with Crippen molar-refractivity contribution < 1.29 is 18.7 Å². The van der Waals surface area contributed by atoms with Gasteiger partial charge in [-0.2, -0.15) is 0 Å². The Labute approximate surface area is 194 Å². The van der Waals surface area contributed by atoms with Crippen LogP contribution in [-0.2, 0) is 22.4 Å². The van der Waals surface area contributed by atoms with Gasteiger partial charge < -0.3 is 14.1 Å². The maximum Gasteiger partial charge on any atom is 0.328 e. The molecule has 33 heavy (non-hydrogen) atoms. The van der Waals surface area contributed by atoms with Crippen molar-refractivity contribution in [2.75, 3.05) is 39.9 Å². The molecule has 1 aromatic heterocycles. The summed E-state index contributed by atoms with van der Waals surface area (Å²) in [5.41, 5.74) is 1.72. The van der Waals surface area contributed by atoms with Crippen LogP contribution in [0.5, 0.6) is 0 Å². The number of methoxy groups -OCH3 is 1. The van der Waals surface area contributed by atoms with Gasteiger partial charge >= 0.3 is 6.03 Å². The minimum atomic E-state index is -0.758. The Bertz CT molecular complexity index is 999. The highest BCUT2D eigenvalue weighted by molar-refractivity contribution is 6.07. The van der Waals surface area contributed by atoms with Crippen molar-refractivity contribution in [3.8, 4) is 0 Å². The number of benzene rings is 1. The Balaban J connectivity index is 1.30. The highest BCUT2D eigenvalue weighted by Crippen LogP contribution is 2.40. The number of ether oxygens (including phenoxy) is 1. The molecule has 2 saturated heterocycles. The van der Waals surface area contributed by atoms with Crippen LogP contribution < -0.4 is 0 Å². The maximum atomic E-state index is 13.9. The van der Waals surface area contributed by atoms with E-state index in [9.17, 15) is 9.59 Å². The number of piperidine rings is 1. The molecule has 1 spiro atoms. The molecule has 0 radical (unpaired) electrons. The van der Waals surface area contributed by atoms with Crippen molar-refractivity contribution >= 4 is 18.0 Å². The van der Waals surface area contributed by atoms with E-state index in [1.807, 2.05) is 30.3 Å². The zero-order valence-corrected chi connectivity index (χ0v) is 19.1. The molecule has 3 heterocycles. The molecule has 5 rings (SSSR count). The lowest BCUT2D eigenvalue weighted by Crippen LogP contribution is -2.57. The molecule has 3 amide bonds. The Morgan fingerprint density at radius 2 is 1.82 bits per heavy atom. The fraction of sp³-hybridized carbons (Fsp3) is 0.462. The molecule has 0 bridgehead atoms. The third-order valence-corrected chi connectivity index (χ3v) is 7.36. The van der Waals surface area contributed by atoms with E-state index in [4.69, 9.17) is 9.15 Å². The van der Waals surface area contributed by atoms with Gasteiger partial charge in [0, 0.05) is 39.3 Å². The highest BCUT2D eigenvalue weighted by atomic mass is 16.5. The molecule has 7 nitrogen and oxygen atoms in total. The number of imide groups is 1. The lowest BCUT2D eigenvalue weighted by molar-refractivity contribution is -0.137. The zero-order chi connectivity index (χ0) is 22.8. The summed E-state index contributed by atoms with van der Waals surface area (Å²) in [5.74, 6) is 0.811. The summed E-state index contributed by atoms with van der Waals surface area (Å²) in [7, 11) is 1.63. The monoisotopic (exact) mass is 449 g/mol. The first-order chi connectivity index (χ1) is 16.1. The number of fused-ring (bicyclic) bond motifs is 1. The first-order valence-corrected chi connectivity index (χ1v) is 11.8. The first-order valence-electron chi connectivity index (χ1n) is 11.8. The molecule has 2 aliphatic heterocycles. The van der Waals surface area contributed by atoms with E-state index < -0.39 is 5.54 Å². The van der Waals surface area contributed by atoms with Crippen LogP contribution in [0.3, 0.4) is 0 Å². The van der Waals surface area contributed by atoms with Crippen LogP contribution in [0.4, 0.5) is 4.79 Å². The Morgan fingerprint density at radius 1 is 1.09 bits per heavy atom. The second-order valence-electron chi connectivity index (χ2n) is 9.18. The summed E-state index contributed by atoms with van der Waals surface area (Å²) in [5, 5.41) is 0. The number of hydrogen-bond donors (Lipinski definition) is 0. The second kappa shape index (κ2) is 9.15. The predicted molar refractivity (Wildman–Crippen MR) is 125 cm³/mol. The SMILES string of the molecule is COCCN1C(=O)N(C2Cc3ccccc3C2)C(=O)C12CCN(CC=Cc1ccco1)CC2. The normalized spacial score (nSPS) is 21.1. The summed E-state index contributed by atoms with van der Waals surface area (Å²) >= 11 is 0. The quantitative estimate of drug-likeness (QED) is 0.608. The van der Waals surface area contributed by atoms with Gasteiger partial charge in [-0.05, 0) is 55.0 Å². The number of rotatable bonds is 7. The van der Waals surface area contributed by atoms with E-state index >= 15 is 0 Å². The third-order valence-electron chi connectivity index (χ3n) is 7.36. The van der Waals surface area contributed by atoms with Crippen molar-refractivity contribution in [2.24, 2.45) is 0 Å². The fourth-order valence-corrected chi connectivity index (χ4v) is 5.57. The van der Waals surface area contributed by atoms with Crippen molar-refractivity contribution in [1.82, 2.24) is 14.7 Å². The van der Waals surface area contributed by atoms with Crippen LogP contribution in [0.1, 0.15) is 29.7 Å². The number of hydrogen-bond acceptors (Lipinski definition) is 5. The Morgan fingerprint density at radius 3 is 2.45 bits per heavy atom. The average molecular weight is 450 g/mol. The molecule has 2 aromatic rings. The van der Waals surface area contributed by atoms with Gasteiger partial charge in [0.2, 0.25) is 0 Å². The van der Waals surface area contributed by atoms with Gasteiger partial charge in [0.15, 0.2) is 0 Å². The van der Waals surface area contributed by atoms with E-state index in [0.29, 0.717) is 26.0 Å². The van der Waals surface area contributed by atoms with Gasteiger partial charge in [0.25, 0.3) is 5.91 Å². The van der Waals surface area contributed by atoms with E-state index in [1.165, 1.54) is 11.1 Å². The van der Waals surface area contributed by atoms with Crippen LogP contribution in [-0.4, -0.2) is 78.1 Å². The number of urea groups is 1. The molecule has 1 aliphatic carbocycles. The lowest BCUT2D eigenvalue weighted by atomic mass is 9.85. The van der Waals surface area contributed by atoms with E-state index in [1.54, 1.807) is 23.2 Å². The van der Waals surface area contributed by atoms with E-state index in [2.05, 4.69) is 23.1 Å². The van der Waals surface area contributed by atoms with Gasteiger partial charge in [0.05, 0.1) is 12.9 Å². The molecule has 1 aromatic carbocycles. The summed E-state index contributed by atoms with van der Waals surface area (Å²) in [4.78, 5) is 33.1. The topological polar surface area (TPSA) is 66.2 Å². The molecule has 0 N–H and O–H groups in total. The molecule has 174 valence electrons. The van der Waals surface area contributed by atoms with Crippen LogP contribution >= 0.6 is 0 Å². The largest absolute Gasteiger partial charge is 0.465 e. The van der Waals surface area contributed by atoms with Crippen LogP contribution in [0.15, 0.2) is 53.2 Å². The number of carbonyl (C=O) groups is 2. The maximum absolute atomic E-state index is 13.9. The number of carbonyl (C=O) groups excluding carboxylic acids is 2. The molecule has 2 fully saturated rings. The van der Waals surface area contributed by atoms with Crippen LogP contribution in [0.2, 0.25) is 0 Å². The molecule has 0 saturated carbocycles. The van der Waals surface area contributed by atoms with Crippen molar-refractivity contribution in [2.45, 2.75) is 37.3 Å². The fourth-order valence-electron chi connectivity index (χ4n) is 5.57. The standard InChI is InChI=1S/C26H31N3O4/c1-32-17-15-28-25(31)29(22-18-20-6-2-3-7-21(20)19-22)24(30)26(28)10-13-27(14-11-26)12-4-8-23-9-5-16-33-23/h2-9,16,22H,10-15,17-19H2,1H3. The molecular formula is C26H31N3O4. The van der Waals surface area contributed by atoms with Crippen molar-refractivity contribution in [1.29, 1.82) is 0 Å². The van der Waals surface area contributed by atoms with E-state index in [0.717, 1.165) is 38.2 Å². The number of furan rings is 1. The van der Waals surface area contributed by atoms with E-state index in [-0.39, 0.29) is 18.0 Å². The Hall–Kier alpha value is -2.90. The minimum absolute atomic E-state index is 0.0211. The molecule has 0 atom stereocenters. The zero-order valence-electron chi connectivity index (χ0n) is 19.1. The molecule has 3 aliphatic rings. The Kier molecular flexibility index (Phi) is 6.08. The summed E-state index contributed by atoms with van der Waals surface area (Å²) in [6.45, 7) is 3.19. The second-order valence-corrected chi connectivity index (χ2v) is 9.18. The van der Waals surface area contributed by atoms with Gasteiger partial charge in [-0.1, -0.05) is 30.3 Å². The smallest absolute Gasteiger partial charge is 0.328 e. The number of likely N-dealkylation sites (tertiary alicyclic amines) is 1. The number of nitrogens with zero attached hydrogens (tertiary/aromatic N) is 3. The molecular weight excluding hydrogens is 418 g/mol.